The average molecular weight is 252 g/mol. The summed E-state index contributed by atoms with van der Waals surface area (Å²) in [6, 6.07) is 0. The predicted octanol–water partition coefficient (Wildman–Crippen LogP) is 5.55. The quantitative estimate of drug-likeness (QED) is 0.605. The maximum absolute atomic E-state index is 2.27. The van der Waals surface area contributed by atoms with Crippen LogP contribution < -0.4 is 0 Å². The second kappa shape index (κ2) is 5.21. The molecule has 0 aromatic heterocycles. The molecule has 1 aliphatic carbocycles. The summed E-state index contributed by atoms with van der Waals surface area (Å²) >= 11 is 0. The van der Waals surface area contributed by atoms with Crippen molar-refractivity contribution in [2.45, 2.75) is 48.0 Å². The van der Waals surface area contributed by atoms with Crippen LogP contribution in [0.5, 0.6) is 0 Å². The third-order valence-corrected chi connectivity index (χ3v) is 4.52. The Morgan fingerprint density at radius 3 is 2.16 bits per heavy atom. The number of fused-ring (bicyclic) bond motifs is 1. The Morgan fingerprint density at radius 1 is 0.842 bits per heavy atom. The fourth-order valence-electron chi connectivity index (χ4n) is 3.11. The monoisotopic (exact) mass is 252 g/mol. The topological polar surface area (TPSA) is 0 Å². The standard InChI is InChI=1S/C19H24/c1-7-8-9-10-17-14(4)15(5)18-11-12(2)13(3)19(18)16(17)6/h7-10H,11H2,1-6H3. The molecule has 1 aromatic carbocycles. The van der Waals surface area contributed by atoms with Crippen molar-refractivity contribution in [2.75, 3.05) is 0 Å². The Balaban J connectivity index is 2.68. The SMILES string of the molecule is CC=CC=Cc1c(C)c(C)c2c(c1C)C(C)=C(C)C2. The van der Waals surface area contributed by atoms with E-state index in [9.17, 15) is 0 Å². The van der Waals surface area contributed by atoms with Crippen LogP contribution in [0.4, 0.5) is 0 Å². The van der Waals surface area contributed by atoms with Crippen LogP contribution in [-0.4, -0.2) is 0 Å². The van der Waals surface area contributed by atoms with Gasteiger partial charge in [-0.1, -0.05) is 29.9 Å². The van der Waals surface area contributed by atoms with Crippen molar-refractivity contribution in [1.82, 2.24) is 0 Å². The van der Waals surface area contributed by atoms with E-state index in [0.29, 0.717) is 0 Å². The Bertz CT molecular complexity index is 608. The highest BCUT2D eigenvalue weighted by Crippen LogP contribution is 2.40. The van der Waals surface area contributed by atoms with Crippen LogP contribution in [-0.2, 0) is 6.42 Å². The number of benzene rings is 1. The molecule has 0 heterocycles. The molecule has 1 aliphatic rings. The molecule has 0 saturated heterocycles. The predicted molar refractivity (Wildman–Crippen MR) is 86.5 cm³/mol. The van der Waals surface area contributed by atoms with Crippen molar-refractivity contribution in [1.29, 1.82) is 0 Å². The van der Waals surface area contributed by atoms with Crippen LogP contribution in [0.15, 0.2) is 23.8 Å². The van der Waals surface area contributed by atoms with Crippen LogP contribution in [0, 0.1) is 20.8 Å². The Kier molecular flexibility index (Phi) is 3.80. The molecule has 0 heteroatoms. The molecule has 0 nitrogen and oxygen atoms in total. The highest BCUT2D eigenvalue weighted by Gasteiger charge is 2.22. The Morgan fingerprint density at radius 2 is 1.53 bits per heavy atom. The summed E-state index contributed by atoms with van der Waals surface area (Å²) in [5.41, 5.74) is 11.8. The van der Waals surface area contributed by atoms with E-state index in [1.165, 1.54) is 39.0 Å². The van der Waals surface area contributed by atoms with Crippen LogP contribution in [0.2, 0.25) is 0 Å². The molecule has 0 amide bonds. The van der Waals surface area contributed by atoms with E-state index in [4.69, 9.17) is 0 Å². The van der Waals surface area contributed by atoms with E-state index in [1.54, 1.807) is 5.56 Å². The maximum Gasteiger partial charge on any atom is -0.00551 e. The summed E-state index contributed by atoms with van der Waals surface area (Å²) in [5, 5.41) is 0. The second-order valence-electron chi connectivity index (χ2n) is 5.61. The van der Waals surface area contributed by atoms with Gasteiger partial charge in [0.15, 0.2) is 0 Å². The molecule has 1 aromatic rings. The maximum atomic E-state index is 2.27. The zero-order chi connectivity index (χ0) is 14.2. The minimum absolute atomic E-state index is 1.13. The molecule has 2 rings (SSSR count). The van der Waals surface area contributed by atoms with Gasteiger partial charge in [-0.3, -0.25) is 0 Å². The number of hydrogen-bond donors (Lipinski definition) is 0. The number of hydrogen-bond acceptors (Lipinski definition) is 0. The van der Waals surface area contributed by atoms with Crippen molar-refractivity contribution in [3.05, 3.63) is 57.2 Å². The molecule has 0 saturated carbocycles. The van der Waals surface area contributed by atoms with Crippen molar-refractivity contribution >= 4 is 11.6 Å². The zero-order valence-electron chi connectivity index (χ0n) is 13.0. The van der Waals surface area contributed by atoms with E-state index >= 15 is 0 Å². The van der Waals surface area contributed by atoms with Gasteiger partial charge in [0, 0.05) is 0 Å². The normalized spacial score (nSPS) is 15.1. The van der Waals surface area contributed by atoms with Crippen LogP contribution in [0.3, 0.4) is 0 Å². The average Bonchev–Trinajstić information content (AvgIpc) is 2.68. The van der Waals surface area contributed by atoms with Crippen molar-refractivity contribution < 1.29 is 0 Å². The van der Waals surface area contributed by atoms with E-state index in [2.05, 4.69) is 58.9 Å². The third kappa shape index (κ3) is 2.20. The summed E-state index contributed by atoms with van der Waals surface area (Å²) in [6.07, 6.45) is 9.68. The van der Waals surface area contributed by atoms with E-state index in [0.717, 1.165) is 6.42 Å². The first-order valence-electron chi connectivity index (χ1n) is 7.07. The van der Waals surface area contributed by atoms with Gasteiger partial charge in [0.25, 0.3) is 0 Å². The highest BCUT2D eigenvalue weighted by atomic mass is 14.3. The molecule has 19 heavy (non-hydrogen) atoms. The van der Waals surface area contributed by atoms with Crippen molar-refractivity contribution in [2.24, 2.45) is 0 Å². The smallest absolute Gasteiger partial charge is 0.00551 e. The molecule has 0 spiro atoms. The van der Waals surface area contributed by atoms with Crippen LogP contribution in [0.1, 0.15) is 54.2 Å². The largest absolute Gasteiger partial charge is 0.0877 e. The first-order valence-corrected chi connectivity index (χ1v) is 7.07. The molecule has 0 bridgehead atoms. The molecule has 100 valence electrons. The minimum atomic E-state index is 1.13. The van der Waals surface area contributed by atoms with Crippen molar-refractivity contribution in [3.63, 3.8) is 0 Å². The first kappa shape index (κ1) is 13.9. The molecule has 0 N–H and O–H groups in total. The lowest BCUT2D eigenvalue weighted by Gasteiger charge is -2.17. The molecule has 0 aliphatic heterocycles. The summed E-state index contributed by atoms with van der Waals surface area (Å²) in [6.45, 7) is 13.4. The van der Waals surface area contributed by atoms with Crippen LogP contribution >= 0.6 is 0 Å². The van der Waals surface area contributed by atoms with Crippen LogP contribution in [0.25, 0.3) is 11.6 Å². The van der Waals surface area contributed by atoms with E-state index < -0.39 is 0 Å². The van der Waals surface area contributed by atoms with Gasteiger partial charge in [-0.15, -0.1) is 0 Å². The molecule has 0 unspecified atom stereocenters. The van der Waals surface area contributed by atoms with Gasteiger partial charge >= 0.3 is 0 Å². The second-order valence-corrected chi connectivity index (χ2v) is 5.61. The van der Waals surface area contributed by atoms with Gasteiger partial charge in [0.05, 0.1) is 0 Å². The van der Waals surface area contributed by atoms with E-state index in [1.807, 2.05) is 6.92 Å². The van der Waals surface area contributed by atoms with Gasteiger partial charge in [-0.05, 0) is 86.9 Å². The zero-order valence-corrected chi connectivity index (χ0v) is 13.0. The Hall–Kier alpha value is -1.56. The van der Waals surface area contributed by atoms with Gasteiger partial charge in [0.1, 0.15) is 0 Å². The lowest BCUT2D eigenvalue weighted by atomic mass is 9.87. The minimum Gasteiger partial charge on any atom is -0.0877 e. The molecule has 0 atom stereocenters. The van der Waals surface area contributed by atoms with Gasteiger partial charge in [0.2, 0.25) is 0 Å². The van der Waals surface area contributed by atoms with Gasteiger partial charge in [-0.25, -0.2) is 0 Å². The molecule has 0 radical (unpaired) electrons. The summed E-state index contributed by atoms with van der Waals surface area (Å²) < 4.78 is 0. The summed E-state index contributed by atoms with van der Waals surface area (Å²) in [4.78, 5) is 0. The lowest BCUT2D eigenvalue weighted by molar-refractivity contribution is 1.13. The fourth-order valence-corrected chi connectivity index (χ4v) is 3.11. The lowest BCUT2D eigenvalue weighted by Crippen LogP contribution is -2.00. The summed E-state index contributed by atoms with van der Waals surface area (Å²) in [5.74, 6) is 0. The third-order valence-electron chi connectivity index (χ3n) is 4.52. The van der Waals surface area contributed by atoms with Gasteiger partial charge < -0.3 is 0 Å². The molecule has 0 fully saturated rings. The highest BCUT2D eigenvalue weighted by molar-refractivity contribution is 5.82. The Labute approximate surface area is 117 Å². The van der Waals surface area contributed by atoms with E-state index in [-0.39, 0.29) is 0 Å². The fraction of sp³-hybridized carbons (Fsp3) is 0.368. The number of rotatable bonds is 2. The number of allylic oxidation sites excluding steroid dienone is 5. The first-order chi connectivity index (χ1) is 8.99. The summed E-state index contributed by atoms with van der Waals surface area (Å²) in [7, 11) is 0. The molecular weight excluding hydrogens is 228 g/mol. The van der Waals surface area contributed by atoms with Crippen molar-refractivity contribution in [3.8, 4) is 0 Å². The van der Waals surface area contributed by atoms with Gasteiger partial charge in [-0.2, -0.15) is 0 Å². The molecular formula is C19H24.